The van der Waals surface area contributed by atoms with E-state index in [9.17, 15) is 0 Å². The number of anilines is 2. The van der Waals surface area contributed by atoms with Gasteiger partial charge in [0, 0.05) is 19.2 Å². The molecule has 6 rings (SSSR count). The van der Waals surface area contributed by atoms with Gasteiger partial charge in [-0.15, -0.1) is 10.2 Å². The van der Waals surface area contributed by atoms with Crippen LogP contribution in [0.25, 0.3) is 16.6 Å². The van der Waals surface area contributed by atoms with Crippen molar-refractivity contribution in [3.63, 3.8) is 0 Å². The second kappa shape index (κ2) is 6.40. The molecule has 0 atom stereocenters. The minimum atomic E-state index is 0.599. The predicted octanol–water partition coefficient (Wildman–Crippen LogP) is 2.80. The van der Waals surface area contributed by atoms with Gasteiger partial charge < -0.3 is 9.88 Å². The smallest absolute Gasteiger partial charge is 0.157 e. The summed E-state index contributed by atoms with van der Waals surface area (Å²) in [7, 11) is 0. The van der Waals surface area contributed by atoms with Crippen molar-refractivity contribution in [2.75, 3.05) is 5.32 Å². The number of hydrogen-bond acceptors (Lipinski definition) is 6. The van der Waals surface area contributed by atoms with Crippen molar-refractivity contribution in [3.8, 4) is 0 Å². The van der Waals surface area contributed by atoms with Crippen molar-refractivity contribution in [1.29, 1.82) is 0 Å². The molecule has 0 aliphatic carbocycles. The molecule has 0 bridgehead atoms. The fraction of sp³-hybridized carbons (Fsp3) is 0.250. The number of aryl methyl sites for hydroxylation is 1. The van der Waals surface area contributed by atoms with Gasteiger partial charge in [-0.2, -0.15) is 5.10 Å². The zero-order valence-corrected chi connectivity index (χ0v) is 15.7. The maximum atomic E-state index is 4.78. The van der Waals surface area contributed by atoms with Gasteiger partial charge >= 0.3 is 0 Å². The third kappa shape index (κ3) is 2.74. The van der Waals surface area contributed by atoms with Gasteiger partial charge in [0.25, 0.3) is 0 Å². The highest BCUT2D eigenvalue weighted by molar-refractivity contribution is 5.85. The van der Waals surface area contributed by atoms with E-state index in [1.807, 2.05) is 52.1 Å². The molecule has 1 N–H and O–H groups in total. The lowest BCUT2D eigenvalue weighted by Gasteiger charge is -2.14. The SMILES string of the molecule is c1ccc2c(c1)nc(Nc1cnn(Cc3nnc4n3CCCC4)c1)c1cncn12. The quantitative estimate of drug-likeness (QED) is 0.512. The molecule has 9 heteroatoms. The molecular formula is C20H19N9. The lowest BCUT2D eigenvalue weighted by molar-refractivity contribution is 0.496. The first-order valence-electron chi connectivity index (χ1n) is 9.76. The summed E-state index contributed by atoms with van der Waals surface area (Å²) in [5.74, 6) is 2.79. The molecule has 0 saturated carbocycles. The zero-order chi connectivity index (χ0) is 19.2. The molecule has 4 aromatic heterocycles. The number of aromatic nitrogens is 8. The summed E-state index contributed by atoms with van der Waals surface area (Å²) in [4.78, 5) is 9.07. The molecule has 1 aliphatic heterocycles. The Balaban J connectivity index is 1.30. The molecule has 0 fully saturated rings. The van der Waals surface area contributed by atoms with Crippen LogP contribution in [0.3, 0.4) is 0 Å². The van der Waals surface area contributed by atoms with Gasteiger partial charge in [-0.25, -0.2) is 9.97 Å². The molecule has 0 saturated heterocycles. The average Bonchev–Trinajstić information content (AvgIpc) is 3.49. The summed E-state index contributed by atoms with van der Waals surface area (Å²) in [5, 5.41) is 16.6. The van der Waals surface area contributed by atoms with Crippen LogP contribution < -0.4 is 5.32 Å². The lowest BCUT2D eigenvalue weighted by Crippen LogP contribution is -2.15. The number of fused-ring (bicyclic) bond motifs is 4. The van der Waals surface area contributed by atoms with Crippen LogP contribution in [0.1, 0.15) is 24.5 Å². The highest BCUT2D eigenvalue weighted by Gasteiger charge is 2.16. The van der Waals surface area contributed by atoms with Crippen LogP contribution in [-0.4, -0.2) is 38.9 Å². The number of benzene rings is 1. The monoisotopic (exact) mass is 385 g/mol. The van der Waals surface area contributed by atoms with Crippen LogP contribution in [0.4, 0.5) is 11.5 Å². The molecular weight excluding hydrogens is 366 g/mol. The van der Waals surface area contributed by atoms with Crippen LogP contribution in [-0.2, 0) is 19.5 Å². The number of hydrogen-bond donors (Lipinski definition) is 1. The normalized spacial score (nSPS) is 13.8. The fourth-order valence-corrected chi connectivity index (χ4v) is 3.98. The van der Waals surface area contributed by atoms with E-state index in [1.165, 1.54) is 12.8 Å². The first-order valence-corrected chi connectivity index (χ1v) is 9.76. The summed E-state index contributed by atoms with van der Waals surface area (Å²) < 4.78 is 6.14. The molecule has 5 heterocycles. The van der Waals surface area contributed by atoms with E-state index in [0.717, 1.165) is 52.7 Å². The van der Waals surface area contributed by atoms with Crippen molar-refractivity contribution >= 4 is 28.1 Å². The zero-order valence-electron chi connectivity index (χ0n) is 15.7. The van der Waals surface area contributed by atoms with E-state index in [4.69, 9.17) is 4.98 Å². The van der Waals surface area contributed by atoms with Crippen molar-refractivity contribution in [1.82, 2.24) is 38.9 Å². The second-order valence-electron chi connectivity index (χ2n) is 7.29. The first-order chi connectivity index (χ1) is 14.3. The van der Waals surface area contributed by atoms with Crippen LogP contribution in [0, 0.1) is 0 Å². The van der Waals surface area contributed by atoms with E-state index in [2.05, 4.69) is 30.2 Å². The van der Waals surface area contributed by atoms with Gasteiger partial charge in [-0.3, -0.25) is 9.08 Å². The van der Waals surface area contributed by atoms with Gasteiger partial charge in [0.05, 0.1) is 35.4 Å². The molecule has 1 aromatic carbocycles. The average molecular weight is 385 g/mol. The third-order valence-electron chi connectivity index (χ3n) is 5.39. The summed E-state index contributed by atoms with van der Waals surface area (Å²) in [6, 6.07) is 8.03. The molecule has 0 radical (unpaired) electrons. The molecule has 5 aromatic rings. The standard InChI is InChI=1S/C20H19N9/c1-2-6-16-15(5-1)24-20(17-10-21-13-29(16)17)23-14-9-22-27(11-14)12-19-26-25-18-7-3-4-8-28(18)19/h1-2,5-6,9-11,13H,3-4,7-8,12H2,(H,23,24). The second-order valence-corrected chi connectivity index (χ2v) is 7.29. The van der Waals surface area contributed by atoms with E-state index in [-0.39, 0.29) is 0 Å². The number of rotatable bonds is 4. The Hall–Kier alpha value is -3.75. The molecule has 0 unspecified atom stereocenters. The Morgan fingerprint density at radius 3 is 3.00 bits per heavy atom. The van der Waals surface area contributed by atoms with Crippen LogP contribution in [0.15, 0.2) is 49.2 Å². The third-order valence-corrected chi connectivity index (χ3v) is 5.39. The van der Waals surface area contributed by atoms with Gasteiger partial charge in [0.2, 0.25) is 0 Å². The molecule has 9 nitrogen and oxygen atoms in total. The summed E-state index contributed by atoms with van der Waals surface area (Å²) in [6.45, 7) is 1.59. The van der Waals surface area contributed by atoms with Gasteiger partial charge in [0.15, 0.2) is 11.6 Å². The van der Waals surface area contributed by atoms with Crippen molar-refractivity contribution in [2.24, 2.45) is 0 Å². The minimum Gasteiger partial charge on any atom is -0.336 e. The van der Waals surface area contributed by atoms with Gasteiger partial charge in [-0.05, 0) is 25.0 Å². The van der Waals surface area contributed by atoms with Crippen molar-refractivity contribution in [2.45, 2.75) is 32.4 Å². The van der Waals surface area contributed by atoms with Crippen LogP contribution in [0.5, 0.6) is 0 Å². The molecule has 144 valence electrons. The Labute approximate surface area is 166 Å². The highest BCUT2D eigenvalue weighted by atomic mass is 15.3. The Kier molecular flexibility index (Phi) is 3.58. The fourth-order valence-electron chi connectivity index (χ4n) is 3.98. The Morgan fingerprint density at radius 2 is 2.00 bits per heavy atom. The number of para-hydroxylation sites is 2. The topological polar surface area (TPSA) is 90.8 Å². The summed E-state index contributed by atoms with van der Waals surface area (Å²) in [6.07, 6.45) is 10.8. The van der Waals surface area contributed by atoms with Crippen molar-refractivity contribution < 1.29 is 0 Å². The maximum Gasteiger partial charge on any atom is 0.157 e. The molecule has 0 spiro atoms. The van der Waals surface area contributed by atoms with E-state index in [0.29, 0.717) is 6.54 Å². The maximum absolute atomic E-state index is 4.78. The van der Waals surface area contributed by atoms with E-state index >= 15 is 0 Å². The molecule has 0 amide bonds. The van der Waals surface area contributed by atoms with Crippen molar-refractivity contribution in [3.05, 3.63) is 60.8 Å². The summed E-state index contributed by atoms with van der Waals surface area (Å²) >= 11 is 0. The first kappa shape index (κ1) is 16.2. The van der Waals surface area contributed by atoms with E-state index < -0.39 is 0 Å². The Morgan fingerprint density at radius 1 is 1.03 bits per heavy atom. The number of nitrogens with one attached hydrogen (secondary N) is 1. The largest absolute Gasteiger partial charge is 0.336 e. The lowest BCUT2D eigenvalue weighted by atomic mass is 10.2. The number of imidazole rings is 1. The van der Waals surface area contributed by atoms with Crippen LogP contribution >= 0.6 is 0 Å². The predicted molar refractivity (Wildman–Crippen MR) is 108 cm³/mol. The minimum absolute atomic E-state index is 0.599. The Bertz CT molecular complexity index is 1330. The van der Waals surface area contributed by atoms with Crippen LogP contribution in [0.2, 0.25) is 0 Å². The molecule has 1 aliphatic rings. The highest BCUT2D eigenvalue weighted by Crippen LogP contribution is 2.24. The summed E-state index contributed by atoms with van der Waals surface area (Å²) in [5.41, 5.74) is 3.72. The van der Waals surface area contributed by atoms with Gasteiger partial charge in [0.1, 0.15) is 17.9 Å². The number of nitrogens with zero attached hydrogens (tertiary/aromatic N) is 8. The molecule has 29 heavy (non-hydrogen) atoms. The van der Waals surface area contributed by atoms with E-state index in [1.54, 1.807) is 6.20 Å². The van der Waals surface area contributed by atoms with Gasteiger partial charge in [-0.1, -0.05) is 12.1 Å².